The van der Waals surface area contributed by atoms with Gasteiger partial charge in [-0.3, -0.25) is 4.40 Å². The molecule has 0 bridgehead atoms. The van der Waals surface area contributed by atoms with Crippen LogP contribution in [0.2, 0.25) is 0 Å². The molecule has 0 radical (unpaired) electrons. The Morgan fingerprint density at radius 1 is 1.03 bits per heavy atom. The highest BCUT2D eigenvalue weighted by Crippen LogP contribution is 2.38. The third-order valence-corrected chi connectivity index (χ3v) is 5.55. The van der Waals surface area contributed by atoms with Gasteiger partial charge in [0.2, 0.25) is 0 Å². The van der Waals surface area contributed by atoms with E-state index in [9.17, 15) is 30.7 Å². The lowest BCUT2D eigenvalue weighted by Crippen LogP contribution is -2.30. The fraction of sp³-hybridized carbons (Fsp3) is 0.292. The summed E-state index contributed by atoms with van der Waals surface area (Å²) < 4.78 is 112. The highest BCUT2D eigenvalue weighted by Gasteiger charge is 2.46. The smallest absolute Gasteiger partial charge is 0.320 e. The lowest BCUT2D eigenvalue weighted by Gasteiger charge is -2.25. The van der Waals surface area contributed by atoms with Crippen molar-refractivity contribution in [3.05, 3.63) is 59.2 Å². The number of aryl methyl sites for hydroxylation is 1. The number of aromatic nitrogens is 4. The third-order valence-electron chi connectivity index (χ3n) is 5.55. The summed E-state index contributed by atoms with van der Waals surface area (Å²) in [5.74, 6) is 0.113. The topological polar surface area (TPSA) is 46.3 Å². The first-order valence-electron chi connectivity index (χ1n) is 10.7. The van der Waals surface area contributed by atoms with Crippen LogP contribution in [0, 0.1) is 41.6 Å². The first kappa shape index (κ1) is 26.1. The number of anilines is 2. The summed E-state index contributed by atoms with van der Waals surface area (Å²) in [7, 11) is 0. The van der Waals surface area contributed by atoms with Crippen LogP contribution in [-0.4, -0.2) is 38.7 Å². The molecule has 0 saturated carbocycles. The van der Waals surface area contributed by atoms with E-state index in [2.05, 4.69) is 21.1 Å². The van der Waals surface area contributed by atoms with Crippen molar-refractivity contribution >= 4 is 28.2 Å². The second-order valence-corrected chi connectivity index (χ2v) is 8.65. The Morgan fingerprint density at radius 2 is 1.73 bits per heavy atom. The predicted molar refractivity (Wildman–Crippen MR) is 119 cm³/mol. The van der Waals surface area contributed by atoms with Crippen molar-refractivity contribution in [2.75, 3.05) is 11.4 Å². The van der Waals surface area contributed by atoms with Gasteiger partial charge in [-0.25, -0.2) is 22.0 Å². The zero-order valence-electron chi connectivity index (χ0n) is 19.4. The highest BCUT2D eigenvalue weighted by atomic mass is 19.4. The number of hydrogen-bond donors (Lipinski definition) is 0. The molecule has 13 heteroatoms. The zero-order chi connectivity index (χ0) is 27.3. The minimum absolute atomic E-state index is 0.00371. The van der Waals surface area contributed by atoms with Gasteiger partial charge in [0.15, 0.2) is 11.6 Å². The Labute approximate surface area is 204 Å². The maximum Gasteiger partial charge on any atom is 0.404 e. The molecular formula is C24H17F8N5. The van der Waals surface area contributed by atoms with Crippen LogP contribution in [0.25, 0.3) is 16.7 Å². The van der Waals surface area contributed by atoms with Crippen molar-refractivity contribution in [3.8, 4) is 11.8 Å². The summed E-state index contributed by atoms with van der Waals surface area (Å²) in [5.41, 5.74) is -3.03. The quantitative estimate of drug-likeness (QED) is 0.229. The molecule has 0 fully saturated rings. The van der Waals surface area contributed by atoms with Gasteiger partial charge in [0, 0.05) is 11.3 Å². The SMILES string of the molecule is Cc1nnc2nc(N(CC(F)F)c3cc(F)cc(C#CC(C)(C)C(F)(F)F)c3)c3c(F)c(F)ccc3n12. The number of fused-ring (bicyclic) bond motifs is 3. The molecule has 0 N–H and O–H groups in total. The average molecular weight is 527 g/mol. The average Bonchev–Trinajstić information content (AvgIpc) is 3.17. The molecule has 37 heavy (non-hydrogen) atoms. The van der Waals surface area contributed by atoms with E-state index in [1.807, 2.05) is 5.92 Å². The molecule has 0 atom stereocenters. The molecular weight excluding hydrogens is 510 g/mol. The lowest BCUT2D eigenvalue weighted by molar-refractivity contribution is -0.190. The van der Waals surface area contributed by atoms with Crippen molar-refractivity contribution in [1.29, 1.82) is 0 Å². The monoisotopic (exact) mass is 527 g/mol. The molecule has 0 aliphatic rings. The largest absolute Gasteiger partial charge is 0.404 e. The minimum atomic E-state index is -4.69. The second kappa shape index (κ2) is 9.17. The maximum absolute atomic E-state index is 15.1. The second-order valence-electron chi connectivity index (χ2n) is 8.65. The van der Waals surface area contributed by atoms with Crippen LogP contribution in [0.15, 0.2) is 30.3 Å². The standard InChI is InChI=1S/C24H17F8N5/c1-12-34-35-22-33-21(19-17(37(12)22)5-4-16(26)20(19)29)36(11-18(27)28)15-9-13(8-14(25)10-15)6-7-23(2,3)24(30,31)32/h4-5,8-10,18H,11H2,1-3H3. The van der Waals surface area contributed by atoms with Gasteiger partial charge in [0.25, 0.3) is 12.2 Å². The van der Waals surface area contributed by atoms with Gasteiger partial charge in [0.1, 0.15) is 22.9 Å². The van der Waals surface area contributed by atoms with Crippen LogP contribution >= 0.6 is 0 Å². The van der Waals surface area contributed by atoms with Crippen LogP contribution in [-0.2, 0) is 0 Å². The van der Waals surface area contributed by atoms with Gasteiger partial charge < -0.3 is 4.90 Å². The van der Waals surface area contributed by atoms with E-state index >= 15 is 4.39 Å². The van der Waals surface area contributed by atoms with Gasteiger partial charge in [-0.05, 0) is 51.1 Å². The van der Waals surface area contributed by atoms with E-state index < -0.39 is 53.2 Å². The summed E-state index contributed by atoms with van der Waals surface area (Å²) in [5, 5.41) is 7.14. The van der Waals surface area contributed by atoms with E-state index in [0.717, 1.165) is 43.0 Å². The molecule has 194 valence electrons. The first-order valence-corrected chi connectivity index (χ1v) is 10.7. The summed E-state index contributed by atoms with van der Waals surface area (Å²) in [6.07, 6.45) is -7.75. The fourth-order valence-electron chi connectivity index (χ4n) is 3.54. The fourth-order valence-corrected chi connectivity index (χ4v) is 3.54. The van der Waals surface area contributed by atoms with Crippen molar-refractivity contribution in [2.24, 2.45) is 5.41 Å². The molecule has 0 aliphatic carbocycles. The molecule has 0 spiro atoms. The molecule has 0 amide bonds. The van der Waals surface area contributed by atoms with Crippen molar-refractivity contribution in [3.63, 3.8) is 0 Å². The van der Waals surface area contributed by atoms with E-state index in [1.54, 1.807) is 0 Å². The van der Waals surface area contributed by atoms with Gasteiger partial charge in [-0.15, -0.1) is 10.2 Å². The number of benzene rings is 2. The van der Waals surface area contributed by atoms with Crippen LogP contribution in [0.5, 0.6) is 0 Å². The zero-order valence-corrected chi connectivity index (χ0v) is 19.4. The van der Waals surface area contributed by atoms with Gasteiger partial charge in [0.05, 0.1) is 17.4 Å². The van der Waals surface area contributed by atoms with Crippen LogP contribution < -0.4 is 4.90 Å². The number of halogens is 8. The summed E-state index contributed by atoms with van der Waals surface area (Å²) >= 11 is 0. The molecule has 5 nitrogen and oxygen atoms in total. The van der Waals surface area contributed by atoms with E-state index in [-0.39, 0.29) is 28.4 Å². The van der Waals surface area contributed by atoms with Gasteiger partial charge >= 0.3 is 6.18 Å². The van der Waals surface area contributed by atoms with E-state index in [0.29, 0.717) is 0 Å². The minimum Gasteiger partial charge on any atom is -0.320 e. The van der Waals surface area contributed by atoms with Crippen LogP contribution in [0.3, 0.4) is 0 Å². The molecule has 0 aliphatic heterocycles. The number of nitrogens with zero attached hydrogens (tertiary/aromatic N) is 5. The predicted octanol–water partition coefficient (Wildman–Crippen LogP) is 6.35. The number of alkyl halides is 5. The summed E-state index contributed by atoms with van der Waals surface area (Å²) in [4.78, 5) is 4.83. The van der Waals surface area contributed by atoms with Crippen molar-refractivity contribution < 1.29 is 35.1 Å². The van der Waals surface area contributed by atoms with Crippen molar-refractivity contribution in [1.82, 2.24) is 19.6 Å². The van der Waals surface area contributed by atoms with E-state index in [1.165, 1.54) is 17.4 Å². The van der Waals surface area contributed by atoms with Gasteiger partial charge in [-0.1, -0.05) is 11.8 Å². The summed E-state index contributed by atoms with van der Waals surface area (Å²) in [6.45, 7) is 2.02. The maximum atomic E-state index is 15.1. The lowest BCUT2D eigenvalue weighted by atomic mass is 9.93. The Kier molecular flexibility index (Phi) is 6.47. The third kappa shape index (κ3) is 4.87. The normalized spacial score (nSPS) is 12.3. The Morgan fingerprint density at radius 3 is 2.38 bits per heavy atom. The Balaban J connectivity index is 1.98. The number of rotatable bonds is 4. The Bertz CT molecular complexity index is 1560. The first-order chi connectivity index (χ1) is 17.2. The molecule has 2 aromatic heterocycles. The van der Waals surface area contributed by atoms with Crippen LogP contribution in [0.1, 0.15) is 25.2 Å². The molecule has 4 rings (SSSR count). The number of hydrogen-bond acceptors (Lipinski definition) is 4. The Hall–Kier alpha value is -3.95. The van der Waals surface area contributed by atoms with Crippen LogP contribution in [0.4, 0.5) is 46.6 Å². The molecule has 0 unspecified atom stereocenters. The van der Waals surface area contributed by atoms with E-state index in [4.69, 9.17) is 0 Å². The molecule has 2 heterocycles. The molecule has 0 saturated heterocycles. The molecule has 2 aromatic carbocycles. The summed E-state index contributed by atoms with van der Waals surface area (Å²) in [6, 6.07) is 4.68. The highest BCUT2D eigenvalue weighted by molar-refractivity contribution is 5.94. The van der Waals surface area contributed by atoms with Crippen molar-refractivity contribution in [2.45, 2.75) is 33.4 Å². The van der Waals surface area contributed by atoms with Gasteiger partial charge in [-0.2, -0.15) is 18.2 Å². The molecule has 4 aromatic rings.